The van der Waals surface area contributed by atoms with E-state index in [1.165, 1.54) is 28.2 Å². The van der Waals surface area contributed by atoms with Crippen molar-refractivity contribution in [3.63, 3.8) is 0 Å². The first kappa shape index (κ1) is 19.9. The molecule has 0 bridgehead atoms. The summed E-state index contributed by atoms with van der Waals surface area (Å²) in [5.74, 6) is -0.130. The zero-order valence-electron chi connectivity index (χ0n) is 16.8. The van der Waals surface area contributed by atoms with E-state index in [0.717, 1.165) is 29.5 Å². The number of halogens is 2. The lowest BCUT2D eigenvalue weighted by Crippen LogP contribution is -2.46. The highest BCUT2D eigenvalue weighted by Gasteiger charge is 2.34. The lowest BCUT2D eigenvalue weighted by atomic mass is 9.88. The fourth-order valence-corrected chi connectivity index (χ4v) is 5.09. The van der Waals surface area contributed by atoms with Gasteiger partial charge >= 0.3 is 0 Å². The molecule has 1 aliphatic heterocycles. The Labute approximate surface area is 180 Å². The molecule has 31 heavy (non-hydrogen) atoms. The van der Waals surface area contributed by atoms with Crippen molar-refractivity contribution in [3.05, 3.63) is 53.1 Å². The van der Waals surface area contributed by atoms with Gasteiger partial charge in [-0.3, -0.25) is 4.79 Å². The van der Waals surface area contributed by atoms with Crippen molar-refractivity contribution in [2.45, 2.75) is 44.6 Å². The van der Waals surface area contributed by atoms with Gasteiger partial charge in [0.1, 0.15) is 12.0 Å². The zero-order chi connectivity index (χ0) is 21.5. The van der Waals surface area contributed by atoms with E-state index in [2.05, 4.69) is 20.1 Å². The van der Waals surface area contributed by atoms with E-state index >= 15 is 0 Å². The monoisotopic (exact) mass is 442 g/mol. The second-order valence-corrected chi connectivity index (χ2v) is 8.65. The van der Waals surface area contributed by atoms with Crippen LogP contribution >= 0.6 is 11.3 Å². The minimum Gasteiger partial charge on any atom is -0.335 e. The molecular weight excluding hydrogens is 422 g/mol. The highest BCUT2D eigenvalue weighted by molar-refractivity contribution is 7.16. The number of piperidine rings is 1. The Morgan fingerprint density at radius 2 is 2.10 bits per heavy atom. The van der Waals surface area contributed by atoms with Gasteiger partial charge in [-0.25, -0.2) is 23.3 Å². The summed E-state index contributed by atoms with van der Waals surface area (Å²) in [7, 11) is 0. The minimum absolute atomic E-state index is 0.0511. The number of thiazole rings is 1. The predicted molar refractivity (Wildman–Crippen MR) is 112 cm³/mol. The van der Waals surface area contributed by atoms with E-state index < -0.39 is 6.43 Å². The zero-order valence-corrected chi connectivity index (χ0v) is 17.6. The Kier molecular flexibility index (Phi) is 5.09. The van der Waals surface area contributed by atoms with Gasteiger partial charge in [-0.1, -0.05) is 6.92 Å². The normalized spacial score (nSPS) is 18.2. The van der Waals surface area contributed by atoms with Crippen molar-refractivity contribution in [3.8, 4) is 0 Å². The maximum absolute atomic E-state index is 13.4. The number of rotatable bonds is 4. The molecule has 1 saturated heterocycles. The third-order valence-electron chi connectivity index (χ3n) is 5.95. The number of aromatic nitrogens is 5. The third-order valence-corrected chi connectivity index (χ3v) is 6.75. The first-order valence-electron chi connectivity index (χ1n) is 10.2. The van der Waals surface area contributed by atoms with Crippen LogP contribution in [-0.4, -0.2) is 48.0 Å². The fourth-order valence-electron chi connectivity index (χ4n) is 4.37. The van der Waals surface area contributed by atoms with E-state index in [-0.39, 0.29) is 29.3 Å². The van der Waals surface area contributed by atoms with Crippen LogP contribution in [0.5, 0.6) is 0 Å². The van der Waals surface area contributed by atoms with Gasteiger partial charge in [0.05, 0.1) is 21.4 Å². The van der Waals surface area contributed by atoms with Crippen LogP contribution in [0.4, 0.5) is 8.78 Å². The molecule has 0 spiro atoms. The van der Waals surface area contributed by atoms with Gasteiger partial charge in [-0.15, -0.1) is 11.3 Å². The van der Waals surface area contributed by atoms with Gasteiger partial charge < -0.3 is 4.90 Å². The molecule has 5 rings (SSSR count). The van der Waals surface area contributed by atoms with Crippen molar-refractivity contribution >= 4 is 33.2 Å². The number of nitrogens with zero attached hydrogens (tertiary/aromatic N) is 6. The molecule has 4 heterocycles. The van der Waals surface area contributed by atoms with Gasteiger partial charge in [0, 0.05) is 24.1 Å². The molecule has 1 unspecified atom stereocenters. The average Bonchev–Trinajstić information content (AvgIpc) is 3.46. The average molecular weight is 442 g/mol. The molecule has 1 fully saturated rings. The van der Waals surface area contributed by atoms with Crippen LogP contribution in [0.25, 0.3) is 16.0 Å². The molecular formula is C21H20F2N6OS. The first-order chi connectivity index (χ1) is 15.0. The summed E-state index contributed by atoms with van der Waals surface area (Å²) < 4.78 is 29.3. The fraction of sp³-hybridized carbons (Fsp3) is 0.381. The largest absolute Gasteiger partial charge is 0.335 e. The number of hydrogen-bond acceptors (Lipinski definition) is 6. The highest BCUT2D eigenvalue weighted by atomic mass is 32.1. The second kappa shape index (κ2) is 7.92. The third kappa shape index (κ3) is 3.54. The Hall–Kier alpha value is -3.01. The molecule has 7 nitrogen and oxygen atoms in total. The number of alkyl halides is 2. The molecule has 1 aliphatic rings. The van der Waals surface area contributed by atoms with Gasteiger partial charge in [-0.05, 0) is 43.5 Å². The second-order valence-electron chi connectivity index (χ2n) is 7.76. The summed E-state index contributed by atoms with van der Waals surface area (Å²) >= 11 is 1.50. The Balaban J connectivity index is 1.51. The smallest absolute Gasteiger partial charge is 0.280 e. The molecule has 2 atom stereocenters. The summed E-state index contributed by atoms with van der Waals surface area (Å²) in [5.41, 5.74) is 3.50. The summed E-state index contributed by atoms with van der Waals surface area (Å²) in [6, 6.07) is 6.79. The molecule has 0 saturated carbocycles. The number of benzene rings is 1. The van der Waals surface area contributed by atoms with Gasteiger partial charge in [0.25, 0.3) is 18.1 Å². The maximum atomic E-state index is 13.4. The molecule has 4 aromatic rings. The van der Waals surface area contributed by atoms with Crippen LogP contribution < -0.4 is 0 Å². The number of carbonyl (C=O) groups is 1. The van der Waals surface area contributed by atoms with Crippen LogP contribution in [0.1, 0.15) is 60.3 Å². The van der Waals surface area contributed by atoms with Crippen LogP contribution in [-0.2, 0) is 0 Å². The summed E-state index contributed by atoms with van der Waals surface area (Å²) in [5, 5.41) is 4.18. The number of likely N-dealkylation sites (tertiary alicyclic amines) is 1. The molecule has 1 aromatic carbocycles. The standard InChI is InChI=1S/C21H20F2N6OS/c1-12(17-9-15(19(22)23)27-21-24-10-26-29(17)21)16-4-2-3-7-28(16)20(30)13-5-6-14-18(8-13)31-11-25-14/h5-6,8-12,16,19H,2-4,7H2,1H3/t12?,16-/m0/s1. The lowest BCUT2D eigenvalue weighted by molar-refractivity contribution is 0.0577. The van der Waals surface area contributed by atoms with Crippen molar-refractivity contribution in [2.24, 2.45) is 0 Å². The lowest BCUT2D eigenvalue weighted by Gasteiger charge is -2.39. The number of fused-ring (bicyclic) bond motifs is 2. The molecule has 0 aliphatic carbocycles. The SMILES string of the molecule is CC(c1cc(C(F)F)nc2ncnn12)[C@@H]1CCCCN1C(=O)c1ccc2ncsc2c1. The van der Waals surface area contributed by atoms with Crippen LogP contribution in [0.2, 0.25) is 0 Å². The predicted octanol–water partition coefficient (Wildman–Crippen LogP) is 4.47. The summed E-state index contributed by atoms with van der Waals surface area (Å²) in [4.78, 5) is 27.5. The molecule has 1 amide bonds. The van der Waals surface area contributed by atoms with Crippen molar-refractivity contribution in [1.29, 1.82) is 0 Å². The summed E-state index contributed by atoms with van der Waals surface area (Å²) in [6.07, 6.45) is 1.28. The number of carbonyl (C=O) groups excluding carboxylic acids is 1. The minimum atomic E-state index is -2.71. The van der Waals surface area contributed by atoms with Crippen molar-refractivity contribution in [1.82, 2.24) is 29.5 Å². The molecule has 0 N–H and O–H groups in total. The van der Waals surface area contributed by atoms with Gasteiger partial charge in [0.15, 0.2) is 0 Å². The highest BCUT2D eigenvalue weighted by Crippen LogP contribution is 2.33. The topological polar surface area (TPSA) is 76.3 Å². The Bertz CT molecular complexity index is 1260. The van der Waals surface area contributed by atoms with E-state index in [1.54, 1.807) is 11.6 Å². The molecule has 160 valence electrons. The van der Waals surface area contributed by atoms with E-state index in [1.807, 2.05) is 24.0 Å². The summed E-state index contributed by atoms with van der Waals surface area (Å²) in [6.45, 7) is 2.58. The van der Waals surface area contributed by atoms with E-state index in [0.29, 0.717) is 17.8 Å². The number of amides is 1. The Morgan fingerprint density at radius 3 is 2.94 bits per heavy atom. The quantitative estimate of drug-likeness (QED) is 0.466. The molecule has 10 heteroatoms. The van der Waals surface area contributed by atoms with E-state index in [9.17, 15) is 13.6 Å². The van der Waals surface area contributed by atoms with Gasteiger partial charge in [0.2, 0.25) is 0 Å². The molecule has 3 aromatic heterocycles. The van der Waals surface area contributed by atoms with Crippen LogP contribution in [0, 0.1) is 0 Å². The number of hydrogen-bond donors (Lipinski definition) is 0. The molecule has 0 radical (unpaired) electrons. The van der Waals surface area contributed by atoms with Crippen molar-refractivity contribution in [2.75, 3.05) is 6.54 Å². The Morgan fingerprint density at radius 1 is 1.23 bits per heavy atom. The van der Waals surface area contributed by atoms with Crippen molar-refractivity contribution < 1.29 is 13.6 Å². The maximum Gasteiger partial charge on any atom is 0.280 e. The van der Waals surface area contributed by atoms with Crippen LogP contribution in [0.3, 0.4) is 0 Å². The van der Waals surface area contributed by atoms with E-state index in [4.69, 9.17) is 0 Å². The van der Waals surface area contributed by atoms with Gasteiger partial charge in [-0.2, -0.15) is 10.1 Å². The van der Waals surface area contributed by atoms with Crippen LogP contribution in [0.15, 0.2) is 36.1 Å². The first-order valence-corrected chi connectivity index (χ1v) is 11.0.